The van der Waals surface area contributed by atoms with Crippen LogP contribution in [0.25, 0.3) is 0 Å². The molecule has 1 fully saturated rings. The fourth-order valence-corrected chi connectivity index (χ4v) is 2.51. The van der Waals surface area contributed by atoms with Gasteiger partial charge in [0.25, 0.3) is 5.91 Å². The number of amides is 1. The second-order valence-corrected chi connectivity index (χ2v) is 5.36. The minimum Gasteiger partial charge on any atom is -0.478 e. The number of nitrogens with zero attached hydrogens (tertiary/aromatic N) is 1. The van der Waals surface area contributed by atoms with Crippen molar-refractivity contribution in [1.29, 1.82) is 0 Å². The molecule has 1 amide bonds. The predicted octanol–water partition coefficient (Wildman–Crippen LogP) is 2.79. The number of aromatic carboxylic acids is 1. The molecule has 1 aromatic carbocycles. The SMILES string of the molecule is Cc1ccc(C(=O)O)cc1NC(=O)c1ncoc1[C@H]1CCCO1. The van der Waals surface area contributed by atoms with Crippen LogP contribution in [-0.2, 0) is 4.74 Å². The van der Waals surface area contributed by atoms with Gasteiger partial charge in [0.15, 0.2) is 17.8 Å². The van der Waals surface area contributed by atoms with Gasteiger partial charge in [-0.05, 0) is 37.5 Å². The van der Waals surface area contributed by atoms with Crippen LogP contribution in [0, 0.1) is 6.92 Å². The van der Waals surface area contributed by atoms with Crippen LogP contribution in [0.2, 0.25) is 0 Å². The Bertz CT molecular complexity index is 747. The van der Waals surface area contributed by atoms with Gasteiger partial charge < -0.3 is 19.6 Å². The van der Waals surface area contributed by atoms with Gasteiger partial charge in [-0.3, -0.25) is 4.79 Å². The number of carboxylic acid groups (broad SMARTS) is 1. The first-order valence-corrected chi connectivity index (χ1v) is 7.26. The molecule has 1 aromatic heterocycles. The molecule has 0 unspecified atom stereocenters. The number of oxazole rings is 1. The van der Waals surface area contributed by atoms with E-state index in [9.17, 15) is 9.59 Å². The van der Waals surface area contributed by atoms with E-state index in [2.05, 4.69) is 10.3 Å². The number of carboxylic acids is 1. The van der Waals surface area contributed by atoms with Gasteiger partial charge in [0.2, 0.25) is 0 Å². The van der Waals surface area contributed by atoms with E-state index in [1.807, 2.05) is 0 Å². The number of ether oxygens (including phenoxy) is 1. The number of rotatable bonds is 4. The largest absolute Gasteiger partial charge is 0.478 e. The minimum atomic E-state index is -1.05. The van der Waals surface area contributed by atoms with Crippen molar-refractivity contribution in [2.75, 3.05) is 11.9 Å². The lowest BCUT2D eigenvalue weighted by molar-refractivity contribution is 0.0696. The van der Waals surface area contributed by atoms with Crippen LogP contribution in [0.4, 0.5) is 5.69 Å². The number of carbonyl (C=O) groups excluding carboxylic acids is 1. The molecule has 0 spiro atoms. The second kappa shape index (κ2) is 6.21. The number of anilines is 1. The number of hydrogen-bond donors (Lipinski definition) is 2. The summed E-state index contributed by atoms with van der Waals surface area (Å²) in [6.45, 7) is 2.41. The predicted molar refractivity (Wildman–Crippen MR) is 80.5 cm³/mol. The van der Waals surface area contributed by atoms with Crippen molar-refractivity contribution >= 4 is 17.6 Å². The number of aromatic nitrogens is 1. The molecule has 7 heteroatoms. The van der Waals surface area contributed by atoms with Crippen LogP contribution in [-0.4, -0.2) is 28.6 Å². The molecule has 1 atom stereocenters. The Morgan fingerprint density at radius 1 is 1.39 bits per heavy atom. The fourth-order valence-electron chi connectivity index (χ4n) is 2.51. The van der Waals surface area contributed by atoms with Gasteiger partial charge in [-0.15, -0.1) is 0 Å². The van der Waals surface area contributed by atoms with Crippen molar-refractivity contribution in [3.63, 3.8) is 0 Å². The summed E-state index contributed by atoms with van der Waals surface area (Å²) < 4.78 is 10.8. The van der Waals surface area contributed by atoms with Gasteiger partial charge in [0, 0.05) is 12.3 Å². The van der Waals surface area contributed by atoms with Crippen LogP contribution in [0.1, 0.15) is 51.1 Å². The van der Waals surface area contributed by atoms with Crippen molar-refractivity contribution in [2.24, 2.45) is 0 Å². The lowest BCUT2D eigenvalue weighted by Crippen LogP contribution is -2.16. The van der Waals surface area contributed by atoms with Crippen LogP contribution < -0.4 is 5.32 Å². The van der Waals surface area contributed by atoms with Gasteiger partial charge in [-0.2, -0.15) is 0 Å². The summed E-state index contributed by atoms with van der Waals surface area (Å²) in [6, 6.07) is 4.55. The van der Waals surface area contributed by atoms with Crippen molar-refractivity contribution in [2.45, 2.75) is 25.9 Å². The molecule has 7 nitrogen and oxygen atoms in total. The molecule has 3 rings (SSSR count). The molecular formula is C16H16N2O5. The highest BCUT2D eigenvalue weighted by Crippen LogP contribution is 2.31. The van der Waals surface area contributed by atoms with Gasteiger partial charge in [0.05, 0.1) is 5.56 Å². The molecule has 0 aliphatic carbocycles. The molecular weight excluding hydrogens is 300 g/mol. The molecule has 2 heterocycles. The third-order valence-electron chi connectivity index (χ3n) is 3.76. The zero-order chi connectivity index (χ0) is 16.4. The monoisotopic (exact) mass is 316 g/mol. The standard InChI is InChI=1S/C16H16N2O5/c1-9-4-5-10(16(20)21)7-11(9)18-15(19)13-14(23-8-17-13)12-3-2-6-22-12/h4-5,7-8,12H,2-3,6H2,1H3,(H,18,19)(H,20,21)/t12-/m1/s1. The summed E-state index contributed by atoms with van der Waals surface area (Å²) in [5, 5.41) is 11.7. The van der Waals surface area contributed by atoms with Gasteiger partial charge in [0.1, 0.15) is 6.10 Å². The summed E-state index contributed by atoms with van der Waals surface area (Å²) >= 11 is 0. The van der Waals surface area contributed by atoms with E-state index in [-0.39, 0.29) is 17.4 Å². The number of aryl methyl sites for hydroxylation is 1. The molecule has 23 heavy (non-hydrogen) atoms. The third kappa shape index (κ3) is 3.09. The fraction of sp³-hybridized carbons (Fsp3) is 0.312. The Morgan fingerprint density at radius 3 is 2.91 bits per heavy atom. The van der Waals surface area contributed by atoms with Gasteiger partial charge in [-0.1, -0.05) is 6.07 Å². The molecule has 0 bridgehead atoms. The first-order chi connectivity index (χ1) is 11.1. The molecule has 1 aliphatic rings. The van der Waals surface area contributed by atoms with E-state index < -0.39 is 11.9 Å². The maximum Gasteiger partial charge on any atom is 0.335 e. The van der Waals surface area contributed by atoms with Crippen LogP contribution in [0.5, 0.6) is 0 Å². The molecule has 2 aromatic rings. The smallest absolute Gasteiger partial charge is 0.335 e. The maximum absolute atomic E-state index is 12.4. The topological polar surface area (TPSA) is 102 Å². The highest BCUT2D eigenvalue weighted by molar-refractivity contribution is 6.04. The Labute approximate surface area is 132 Å². The average molecular weight is 316 g/mol. The zero-order valence-corrected chi connectivity index (χ0v) is 12.5. The Morgan fingerprint density at radius 2 is 2.22 bits per heavy atom. The lowest BCUT2D eigenvalue weighted by atomic mass is 10.1. The van der Waals surface area contributed by atoms with Crippen molar-refractivity contribution in [1.82, 2.24) is 4.98 Å². The van der Waals surface area contributed by atoms with Crippen molar-refractivity contribution in [3.8, 4) is 0 Å². The summed E-state index contributed by atoms with van der Waals surface area (Å²) in [6.07, 6.45) is 2.64. The van der Waals surface area contributed by atoms with Crippen LogP contribution in [0.3, 0.4) is 0 Å². The molecule has 0 saturated carbocycles. The Hall–Kier alpha value is -2.67. The number of hydrogen-bond acceptors (Lipinski definition) is 5. The number of benzene rings is 1. The molecule has 0 radical (unpaired) electrons. The first-order valence-electron chi connectivity index (χ1n) is 7.26. The van der Waals surface area contributed by atoms with E-state index in [0.717, 1.165) is 18.4 Å². The van der Waals surface area contributed by atoms with E-state index in [1.165, 1.54) is 18.5 Å². The van der Waals surface area contributed by atoms with Crippen molar-refractivity contribution < 1.29 is 23.8 Å². The van der Waals surface area contributed by atoms with Crippen LogP contribution in [0.15, 0.2) is 29.0 Å². The van der Waals surface area contributed by atoms with Crippen molar-refractivity contribution in [3.05, 3.63) is 47.2 Å². The summed E-state index contributed by atoms with van der Waals surface area (Å²) in [7, 11) is 0. The minimum absolute atomic E-state index is 0.102. The number of nitrogens with one attached hydrogen (secondary N) is 1. The van der Waals surface area contributed by atoms with Crippen LogP contribution >= 0.6 is 0 Å². The lowest BCUT2D eigenvalue weighted by Gasteiger charge is -2.10. The van der Waals surface area contributed by atoms with Gasteiger partial charge >= 0.3 is 5.97 Å². The Balaban J connectivity index is 1.84. The summed E-state index contributed by atoms with van der Waals surface area (Å²) in [5.74, 6) is -1.09. The second-order valence-electron chi connectivity index (χ2n) is 5.36. The quantitative estimate of drug-likeness (QED) is 0.899. The first kappa shape index (κ1) is 15.2. The molecule has 1 saturated heterocycles. The average Bonchev–Trinajstić information content (AvgIpc) is 3.19. The third-order valence-corrected chi connectivity index (χ3v) is 3.76. The highest BCUT2D eigenvalue weighted by atomic mass is 16.5. The summed E-state index contributed by atoms with van der Waals surface area (Å²) in [5.41, 5.74) is 1.45. The normalized spacial score (nSPS) is 17.2. The molecule has 1 aliphatic heterocycles. The highest BCUT2D eigenvalue weighted by Gasteiger charge is 2.28. The molecule has 120 valence electrons. The van der Waals surface area contributed by atoms with E-state index >= 15 is 0 Å². The Kier molecular flexibility index (Phi) is 4.12. The van der Waals surface area contributed by atoms with Gasteiger partial charge in [-0.25, -0.2) is 9.78 Å². The van der Waals surface area contributed by atoms with E-state index in [1.54, 1.807) is 13.0 Å². The zero-order valence-electron chi connectivity index (χ0n) is 12.5. The van der Waals surface area contributed by atoms with E-state index in [0.29, 0.717) is 18.1 Å². The van der Waals surface area contributed by atoms with E-state index in [4.69, 9.17) is 14.3 Å². The number of carbonyl (C=O) groups is 2. The molecule has 2 N–H and O–H groups in total. The summed E-state index contributed by atoms with van der Waals surface area (Å²) in [4.78, 5) is 27.5. The maximum atomic E-state index is 12.4.